The highest BCUT2D eigenvalue weighted by Gasteiger charge is 2.26. The molecule has 692 valence electrons. The van der Waals surface area contributed by atoms with Gasteiger partial charge < -0.3 is 32.6 Å². The molecule has 0 atom stereocenters. The van der Waals surface area contributed by atoms with Crippen LogP contribution in [0.15, 0.2) is 267 Å². The fraction of sp³-hybridized carbons (Fsp3) is 0.411. The summed E-state index contributed by atoms with van der Waals surface area (Å²) in [6.07, 6.45) is 22.4. The largest absolute Gasteiger partial charge is 0.336 e. The Morgan fingerprint density at radius 2 is 0.656 bits per heavy atom. The number of carbonyl (C=O) groups excluding carboxylic acids is 2. The molecule has 10 aromatic heterocycles. The minimum Gasteiger partial charge on any atom is -0.336 e. The summed E-state index contributed by atoms with van der Waals surface area (Å²) in [5.74, 6) is 0.431. The van der Waals surface area contributed by atoms with Crippen molar-refractivity contribution in [3.63, 3.8) is 0 Å². The molecule has 4 aromatic carbocycles. The molecule has 2 aliphatic heterocycles. The first kappa shape index (κ1) is 114. The van der Waals surface area contributed by atoms with Gasteiger partial charge in [0.2, 0.25) is 5.91 Å². The van der Waals surface area contributed by atoms with E-state index in [2.05, 4.69) is 58.8 Å². The van der Waals surface area contributed by atoms with E-state index >= 15 is 0 Å². The molecule has 12 heterocycles. The van der Waals surface area contributed by atoms with Gasteiger partial charge in [0.1, 0.15) is 5.52 Å². The van der Waals surface area contributed by atoms with E-state index in [1.54, 1.807) is 84.5 Å². The molecule has 21 heteroatoms. The Kier molecular flexibility index (Phi) is 54.2. The van der Waals surface area contributed by atoms with Crippen LogP contribution in [0, 0.1) is 0 Å². The lowest BCUT2D eigenvalue weighted by atomic mass is 9.98. The summed E-state index contributed by atoms with van der Waals surface area (Å²) < 4.78 is 10.1. The normalized spacial score (nSPS) is 11.1. The second-order valence-electron chi connectivity index (χ2n) is 29.6. The van der Waals surface area contributed by atoms with E-state index in [1.165, 1.54) is 21.4 Å². The molecule has 14 aromatic rings. The number of hydrogen-bond acceptors (Lipinski definition) is 13. The van der Waals surface area contributed by atoms with Crippen LogP contribution in [0.4, 0.5) is 0 Å². The quantitative estimate of drug-likeness (QED) is 0.138. The maximum Gasteiger partial charge on any atom is 0.277 e. The van der Waals surface area contributed by atoms with E-state index in [1.807, 2.05) is 374 Å². The van der Waals surface area contributed by atoms with E-state index in [0.29, 0.717) is 34.8 Å². The Bertz CT molecular complexity index is 5210. The van der Waals surface area contributed by atoms with Crippen LogP contribution in [0.3, 0.4) is 0 Å². The molecule has 2 aliphatic rings. The van der Waals surface area contributed by atoms with Gasteiger partial charge in [-0.3, -0.25) is 58.3 Å². The average Bonchev–Trinajstić information content (AvgIpc) is 0.840. The van der Waals surface area contributed by atoms with Crippen LogP contribution in [-0.2, 0) is 24.2 Å². The third-order valence-corrected chi connectivity index (χ3v) is 19.2. The molecule has 0 radical (unpaired) electrons. The van der Waals surface area contributed by atoms with Crippen LogP contribution in [0.25, 0.3) is 64.9 Å². The van der Waals surface area contributed by atoms with E-state index in [9.17, 15) is 38.4 Å². The van der Waals surface area contributed by atoms with Crippen molar-refractivity contribution >= 4 is 76.7 Å². The van der Waals surface area contributed by atoms with Crippen LogP contribution >= 0.6 is 0 Å². The topological polar surface area (TPSA) is 237 Å². The van der Waals surface area contributed by atoms with Crippen molar-refractivity contribution in [3.8, 4) is 0 Å². The van der Waals surface area contributed by atoms with Gasteiger partial charge in [-0.25, -0.2) is 4.68 Å². The van der Waals surface area contributed by atoms with Gasteiger partial charge in [0.25, 0.3) is 39.3 Å². The van der Waals surface area contributed by atoms with Gasteiger partial charge in [-0.15, -0.1) is 0 Å². The predicted octanol–water partition coefficient (Wildman–Crippen LogP) is 24.8. The van der Waals surface area contributed by atoms with Crippen LogP contribution in [-0.4, -0.2) is 92.8 Å². The van der Waals surface area contributed by atoms with Gasteiger partial charge in [-0.2, -0.15) is 5.10 Å². The molecule has 0 saturated heterocycles. The number of carbonyl (C=O) groups is 2. The summed E-state index contributed by atoms with van der Waals surface area (Å²) >= 11 is 0. The maximum atomic E-state index is 12.0. The molecule has 21 nitrogen and oxygen atoms in total. The molecular formula is C107H151N13O8. The number of benzene rings is 4. The standard InChI is InChI=1S/2C12H15NO.C12H13NO.5C11H12N2O.8C2H6/c1-9(2)13-8-11-6-4-3-5-10(11)7-12(13)14;2*1-9(2)13-8-7-10-5-3-4-6-11(10)12(13)14;1-8(2)13-6-4-9-7-12-5-3-10(9)11(13)14;1-8(2)13-6-4-9-3-5-12-7-10(9)11(13)14;1-8(2)13-7-5-10-9(11(13)14)4-3-6-12-10;1-8(2)13-7-5-9-4-3-6-12-10(9)11(13)14;1-8(2)13-11(14)10-6-4-3-5-9(10)7-12-13;8*1-2/h2*3-6,9H,7-8H2,1-2H3;3-9H,1-2H3;5*3-8H,1-2H3;8*1-2H3. The Hall–Kier alpha value is -12.4. The van der Waals surface area contributed by atoms with Crippen molar-refractivity contribution in [3.05, 3.63) is 323 Å². The molecular weight excluding hydrogens is 1600 g/mol. The van der Waals surface area contributed by atoms with E-state index < -0.39 is 0 Å². The molecule has 16 rings (SSSR count). The van der Waals surface area contributed by atoms with Gasteiger partial charge in [-0.05, 0) is 224 Å². The predicted molar refractivity (Wildman–Crippen MR) is 543 cm³/mol. The van der Waals surface area contributed by atoms with Crippen LogP contribution in [0.1, 0.15) is 285 Å². The maximum absolute atomic E-state index is 12.0. The van der Waals surface area contributed by atoms with Crippen molar-refractivity contribution < 1.29 is 9.59 Å². The van der Waals surface area contributed by atoms with Gasteiger partial charge >= 0.3 is 0 Å². The number of pyridine rings is 9. The number of fused-ring (bicyclic) bond motifs is 8. The Labute approximate surface area is 762 Å². The van der Waals surface area contributed by atoms with Gasteiger partial charge in [-0.1, -0.05) is 196 Å². The molecule has 0 N–H and O–H groups in total. The monoisotopic (exact) mass is 1750 g/mol. The van der Waals surface area contributed by atoms with Crippen molar-refractivity contribution in [1.82, 2.24) is 62.4 Å². The summed E-state index contributed by atoms with van der Waals surface area (Å²) in [6, 6.07) is 53.5. The number of rotatable bonds is 8. The van der Waals surface area contributed by atoms with Crippen LogP contribution in [0.2, 0.25) is 0 Å². The lowest BCUT2D eigenvalue weighted by Gasteiger charge is -2.31. The summed E-state index contributed by atoms with van der Waals surface area (Å²) in [6.45, 7) is 65.7. The minimum atomic E-state index is -0.0156. The molecule has 0 bridgehead atoms. The van der Waals surface area contributed by atoms with Gasteiger partial charge in [0.15, 0.2) is 0 Å². The zero-order valence-corrected chi connectivity index (χ0v) is 83.0. The highest BCUT2D eigenvalue weighted by molar-refractivity contribution is 5.97. The third kappa shape index (κ3) is 32.5. The number of nitrogens with zero attached hydrogens (tertiary/aromatic N) is 13. The van der Waals surface area contributed by atoms with Gasteiger partial charge in [0, 0.05) is 151 Å². The second kappa shape index (κ2) is 61.1. The summed E-state index contributed by atoms with van der Waals surface area (Å²) in [4.78, 5) is 115. The number of hydrogen-bond donors (Lipinski definition) is 0. The molecule has 0 unspecified atom stereocenters. The molecule has 0 fully saturated rings. The molecule has 2 amide bonds. The lowest BCUT2D eigenvalue weighted by molar-refractivity contribution is -0.133. The van der Waals surface area contributed by atoms with Crippen LogP contribution < -0.4 is 33.4 Å². The van der Waals surface area contributed by atoms with Crippen molar-refractivity contribution in [2.24, 2.45) is 0 Å². The minimum absolute atomic E-state index is 0.0156. The smallest absolute Gasteiger partial charge is 0.277 e. The Morgan fingerprint density at radius 3 is 1.18 bits per heavy atom. The molecule has 128 heavy (non-hydrogen) atoms. The fourth-order valence-corrected chi connectivity index (χ4v) is 12.9. The highest BCUT2D eigenvalue weighted by atomic mass is 16.2. The zero-order chi connectivity index (χ0) is 97.0. The SMILES string of the molecule is CC.CC.CC.CC.CC.CC.CC.CC.CC(C)N1CCc2ccccc2C1=O.CC(C)N1Cc2ccccc2CC1=O.CC(C)n1ccc2ccccc2c1=O.CC(C)n1ccc2cccnc2c1=O.CC(C)n1ccc2ccncc2c1=O.CC(C)n1ccc2cnccc2c1=O.CC(C)n1ccc2ncccc2c1=O.CC(C)n1ncc2ccccc2c1=O. The van der Waals surface area contributed by atoms with Gasteiger partial charge in [0.05, 0.1) is 45.7 Å². The molecule has 0 aliphatic carbocycles. The highest BCUT2D eigenvalue weighted by Crippen LogP contribution is 2.23. The Morgan fingerprint density at radius 1 is 0.281 bits per heavy atom. The Balaban J connectivity index is 0.000000714. The first-order chi connectivity index (χ1) is 61.6. The number of amides is 2. The zero-order valence-electron chi connectivity index (χ0n) is 83.0. The molecule has 0 saturated carbocycles. The van der Waals surface area contributed by atoms with E-state index in [4.69, 9.17) is 0 Å². The summed E-state index contributed by atoms with van der Waals surface area (Å²) in [5, 5.41) is 12.4. The van der Waals surface area contributed by atoms with Crippen molar-refractivity contribution in [1.29, 1.82) is 0 Å². The fourth-order valence-electron chi connectivity index (χ4n) is 12.9. The van der Waals surface area contributed by atoms with Crippen molar-refractivity contribution in [2.75, 3.05) is 6.54 Å². The van der Waals surface area contributed by atoms with E-state index in [0.717, 1.165) is 73.7 Å². The lowest BCUT2D eigenvalue weighted by Crippen LogP contribution is -2.41. The first-order valence-electron chi connectivity index (χ1n) is 46.2. The summed E-state index contributed by atoms with van der Waals surface area (Å²) in [7, 11) is 0. The van der Waals surface area contributed by atoms with Crippen molar-refractivity contribution in [2.45, 2.75) is 289 Å². The number of aromatic nitrogens is 11. The first-order valence-corrected chi connectivity index (χ1v) is 46.2. The third-order valence-electron chi connectivity index (χ3n) is 19.2. The van der Waals surface area contributed by atoms with E-state index in [-0.39, 0.29) is 81.4 Å². The summed E-state index contributed by atoms with van der Waals surface area (Å²) in [5.41, 5.74) is 6.04. The van der Waals surface area contributed by atoms with Crippen LogP contribution in [0.5, 0.6) is 0 Å². The second-order valence-corrected chi connectivity index (χ2v) is 29.6. The molecule has 0 spiro atoms. The average molecular weight is 1750 g/mol.